The third kappa shape index (κ3) is 5.40. The molecule has 3 rings (SSSR count). The first-order chi connectivity index (χ1) is 13.1. The van der Waals surface area contributed by atoms with E-state index in [1.54, 1.807) is 42.9 Å². The van der Waals surface area contributed by atoms with Crippen LogP contribution in [-0.4, -0.2) is 48.0 Å². The largest absolute Gasteiger partial charge is 0.355 e. The van der Waals surface area contributed by atoms with Crippen LogP contribution in [0.5, 0.6) is 0 Å². The van der Waals surface area contributed by atoms with E-state index >= 15 is 0 Å². The van der Waals surface area contributed by atoms with Crippen molar-refractivity contribution in [3.8, 4) is 0 Å². The smallest absolute Gasteiger partial charge is 0.251 e. The monoisotopic (exact) mass is 387 g/mol. The molecule has 2 aromatic rings. The van der Waals surface area contributed by atoms with Gasteiger partial charge in [-0.2, -0.15) is 0 Å². The third-order valence-electron chi connectivity index (χ3n) is 4.56. The number of benzene rings is 1. The summed E-state index contributed by atoms with van der Waals surface area (Å²) >= 11 is 5.81. The van der Waals surface area contributed by atoms with E-state index in [1.807, 2.05) is 0 Å². The highest BCUT2D eigenvalue weighted by molar-refractivity contribution is 6.30. The molecule has 2 N–H and O–H groups in total. The molecule has 2 heterocycles. The van der Waals surface area contributed by atoms with E-state index in [0.29, 0.717) is 23.7 Å². The highest BCUT2D eigenvalue weighted by atomic mass is 35.5. The number of rotatable bonds is 6. The van der Waals surface area contributed by atoms with Crippen molar-refractivity contribution < 1.29 is 9.59 Å². The van der Waals surface area contributed by atoms with Crippen molar-refractivity contribution in [2.75, 3.05) is 31.1 Å². The zero-order valence-corrected chi connectivity index (χ0v) is 15.7. The molecule has 1 saturated heterocycles. The molecule has 27 heavy (non-hydrogen) atoms. The summed E-state index contributed by atoms with van der Waals surface area (Å²) in [4.78, 5) is 34.8. The van der Waals surface area contributed by atoms with Crippen LogP contribution in [0.4, 0.5) is 5.82 Å². The van der Waals surface area contributed by atoms with Crippen LogP contribution < -0.4 is 15.5 Å². The van der Waals surface area contributed by atoms with Gasteiger partial charge in [-0.3, -0.25) is 14.6 Å². The molecular weight excluding hydrogens is 366 g/mol. The number of carbonyl (C=O) groups excluding carboxylic acids is 2. The number of anilines is 1. The molecular formula is C19H22ClN5O2. The average molecular weight is 388 g/mol. The number of nitrogens with zero attached hydrogens (tertiary/aromatic N) is 3. The van der Waals surface area contributed by atoms with Crippen LogP contribution >= 0.6 is 11.6 Å². The molecule has 1 fully saturated rings. The molecule has 142 valence electrons. The summed E-state index contributed by atoms with van der Waals surface area (Å²) in [6, 6.07) is 6.68. The van der Waals surface area contributed by atoms with Gasteiger partial charge >= 0.3 is 0 Å². The predicted octanol–water partition coefficient (Wildman–Crippen LogP) is 1.89. The molecule has 0 saturated carbocycles. The Labute approximate surface area is 163 Å². The molecule has 1 aromatic carbocycles. The van der Waals surface area contributed by atoms with Gasteiger partial charge in [-0.05, 0) is 37.1 Å². The number of hydrogen-bond acceptors (Lipinski definition) is 5. The number of aromatic nitrogens is 2. The predicted molar refractivity (Wildman–Crippen MR) is 104 cm³/mol. The Kier molecular flexibility index (Phi) is 6.59. The van der Waals surface area contributed by atoms with Gasteiger partial charge in [0.05, 0.1) is 6.20 Å². The molecule has 0 spiro atoms. The number of halogens is 1. The molecule has 1 aliphatic heterocycles. The van der Waals surface area contributed by atoms with Crippen molar-refractivity contribution in [2.45, 2.75) is 12.8 Å². The summed E-state index contributed by atoms with van der Waals surface area (Å²) < 4.78 is 0. The fraction of sp³-hybridized carbons (Fsp3) is 0.368. The maximum absolute atomic E-state index is 12.3. The minimum absolute atomic E-state index is 0.00936. The van der Waals surface area contributed by atoms with Gasteiger partial charge < -0.3 is 15.5 Å². The number of piperidine rings is 1. The molecule has 7 nitrogen and oxygen atoms in total. The topological polar surface area (TPSA) is 87.2 Å². The molecule has 1 aliphatic rings. The van der Waals surface area contributed by atoms with Gasteiger partial charge in [-0.1, -0.05) is 11.6 Å². The van der Waals surface area contributed by atoms with Gasteiger partial charge in [0, 0.05) is 55.1 Å². The first-order valence-corrected chi connectivity index (χ1v) is 9.34. The second kappa shape index (κ2) is 9.32. The molecule has 2 amide bonds. The van der Waals surface area contributed by atoms with Crippen LogP contribution in [-0.2, 0) is 4.79 Å². The van der Waals surface area contributed by atoms with Crippen molar-refractivity contribution in [1.82, 2.24) is 20.6 Å². The summed E-state index contributed by atoms with van der Waals surface area (Å²) in [7, 11) is 0. The first-order valence-electron chi connectivity index (χ1n) is 8.96. The Hall–Kier alpha value is -2.67. The normalized spacial score (nSPS) is 14.6. The summed E-state index contributed by atoms with van der Waals surface area (Å²) in [6.45, 7) is 2.35. The van der Waals surface area contributed by atoms with Crippen LogP contribution in [0.15, 0.2) is 42.9 Å². The zero-order valence-electron chi connectivity index (χ0n) is 14.9. The van der Waals surface area contributed by atoms with Crippen molar-refractivity contribution in [3.63, 3.8) is 0 Å². The van der Waals surface area contributed by atoms with E-state index in [2.05, 4.69) is 25.5 Å². The fourth-order valence-corrected chi connectivity index (χ4v) is 3.16. The molecule has 0 unspecified atom stereocenters. The lowest BCUT2D eigenvalue weighted by Gasteiger charge is -2.31. The van der Waals surface area contributed by atoms with Gasteiger partial charge in [0.25, 0.3) is 5.91 Å². The van der Waals surface area contributed by atoms with Gasteiger partial charge in [0.2, 0.25) is 5.91 Å². The van der Waals surface area contributed by atoms with E-state index in [0.717, 1.165) is 31.7 Å². The summed E-state index contributed by atoms with van der Waals surface area (Å²) in [6.07, 6.45) is 6.62. The number of nitrogens with one attached hydrogen (secondary N) is 2. The number of hydrogen-bond donors (Lipinski definition) is 2. The lowest BCUT2D eigenvalue weighted by atomic mass is 9.96. The Morgan fingerprint density at radius 1 is 1.07 bits per heavy atom. The van der Waals surface area contributed by atoms with Crippen LogP contribution in [0.3, 0.4) is 0 Å². The maximum Gasteiger partial charge on any atom is 0.251 e. The van der Waals surface area contributed by atoms with Crippen molar-refractivity contribution in [1.29, 1.82) is 0 Å². The van der Waals surface area contributed by atoms with Crippen LogP contribution in [0.2, 0.25) is 5.02 Å². The van der Waals surface area contributed by atoms with E-state index in [1.165, 1.54) is 0 Å². The quantitative estimate of drug-likeness (QED) is 0.739. The SMILES string of the molecule is O=C(NCCNC(=O)C1CCN(c2cnccn2)CC1)c1ccc(Cl)cc1. The highest BCUT2D eigenvalue weighted by Crippen LogP contribution is 2.21. The second-order valence-electron chi connectivity index (χ2n) is 6.38. The summed E-state index contributed by atoms with van der Waals surface area (Å²) in [5, 5.41) is 6.27. The van der Waals surface area contributed by atoms with Crippen LogP contribution in [0.25, 0.3) is 0 Å². The van der Waals surface area contributed by atoms with Gasteiger partial charge in [-0.25, -0.2) is 4.98 Å². The Morgan fingerprint density at radius 2 is 1.78 bits per heavy atom. The van der Waals surface area contributed by atoms with Crippen molar-refractivity contribution in [2.24, 2.45) is 5.92 Å². The Bertz CT molecular complexity index is 761. The minimum Gasteiger partial charge on any atom is -0.355 e. The maximum atomic E-state index is 12.3. The van der Waals surface area contributed by atoms with Crippen molar-refractivity contribution >= 4 is 29.2 Å². The lowest BCUT2D eigenvalue weighted by Crippen LogP contribution is -2.42. The van der Waals surface area contributed by atoms with Gasteiger partial charge in [-0.15, -0.1) is 0 Å². The van der Waals surface area contributed by atoms with Gasteiger partial charge in [0.1, 0.15) is 5.82 Å². The van der Waals surface area contributed by atoms with E-state index in [9.17, 15) is 9.59 Å². The lowest BCUT2D eigenvalue weighted by molar-refractivity contribution is -0.125. The molecule has 0 atom stereocenters. The van der Waals surface area contributed by atoms with Crippen LogP contribution in [0.1, 0.15) is 23.2 Å². The molecule has 8 heteroatoms. The summed E-state index contributed by atoms with van der Waals surface area (Å²) in [5.41, 5.74) is 0.544. The number of carbonyl (C=O) groups is 2. The van der Waals surface area contributed by atoms with E-state index < -0.39 is 0 Å². The van der Waals surface area contributed by atoms with E-state index in [4.69, 9.17) is 11.6 Å². The molecule has 1 aromatic heterocycles. The second-order valence-corrected chi connectivity index (χ2v) is 6.82. The zero-order chi connectivity index (χ0) is 19.1. The molecule has 0 bridgehead atoms. The third-order valence-corrected chi connectivity index (χ3v) is 4.81. The highest BCUT2D eigenvalue weighted by Gasteiger charge is 2.25. The summed E-state index contributed by atoms with van der Waals surface area (Å²) in [5.74, 6) is 0.693. The van der Waals surface area contributed by atoms with E-state index in [-0.39, 0.29) is 17.7 Å². The Morgan fingerprint density at radius 3 is 2.44 bits per heavy atom. The molecule has 0 radical (unpaired) electrons. The number of amides is 2. The molecule has 0 aliphatic carbocycles. The standard InChI is InChI=1S/C19H22ClN5O2/c20-16-3-1-14(2-4-16)18(26)23-9-10-24-19(27)15-5-11-25(12-6-15)17-13-21-7-8-22-17/h1-4,7-8,13,15H,5-6,9-12H2,(H,23,26)(H,24,27). The van der Waals surface area contributed by atoms with Crippen LogP contribution in [0, 0.1) is 5.92 Å². The van der Waals surface area contributed by atoms with Gasteiger partial charge in [0.15, 0.2) is 0 Å². The fourth-order valence-electron chi connectivity index (χ4n) is 3.03. The Balaban J connectivity index is 1.35. The minimum atomic E-state index is -0.182. The average Bonchev–Trinajstić information content (AvgIpc) is 2.72. The first kappa shape index (κ1) is 19.1. The van der Waals surface area contributed by atoms with Crippen molar-refractivity contribution in [3.05, 3.63) is 53.4 Å².